The van der Waals surface area contributed by atoms with Crippen LogP contribution in [0.25, 0.3) is 0 Å². The van der Waals surface area contributed by atoms with Crippen molar-refractivity contribution in [3.05, 3.63) is 16.1 Å². The van der Waals surface area contributed by atoms with Crippen LogP contribution in [0, 0.1) is 5.92 Å². The summed E-state index contributed by atoms with van der Waals surface area (Å²) in [5.41, 5.74) is 0. The third-order valence-electron chi connectivity index (χ3n) is 3.62. The van der Waals surface area contributed by atoms with Gasteiger partial charge in [0.1, 0.15) is 0 Å². The van der Waals surface area contributed by atoms with Gasteiger partial charge in [0.2, 0.25) is 0 Å². The van der Waals surface area contributed by atoms with E-state index in [1.165, 1.54) is 4.31 Å². The molecule has 0 saturated carbocycles. The molecular formula is C13H23N3O2S2. The lowest BCUT2D eigenvalue weighted by Crippen LogP contribution is -2.45. The summed E-state index contributed by atoms with van der Waals surface area (Å²) in [5.74, 6) is 0.446. The van der Waals surface area contributed by atoms with Crippen molar-refractivity contribution in [3.8, 4) is 0 Å². The van der Waals surface area contributed by atoms with E-state index in [0.29, 0.717) is 25.6 Å². The molecule has 1 aliphatic rings. The van der Waals surface area contributed by atoms with Crippen molar-refractivity contribution in [1.82, 2.24) is 13.6 Å². The molecule has 1 fully saturated rings. The molecule has 1 saturated heterocycles. The van der Waals surface area contributed by atoms with Crippen LogP contribution in [0.4, 0.5) is 0 Å². The van der Waals surface area contributed by atoms with E-state index in [4.69, 9.17) is 0 Å². The summed E-state index contributed by atoms with van der Waals surface area (Å²) in [4.78, 5) is 5.28. The van der Waals surface area contributed by atoms with Gasteiger partial charge in [-0.2, -0.15) is 17.0 Å². The zero-order valence-corrected chi connectivity index (χ0v) is 14.0. The lowest BCUT2D eigenvalue weighted by Gasteiger charge is -2.32. The fourth-order valence-electron chi connectivity index (χ4n) is 2.44. The number of aryl methyl sites for hydroxylation is 1. The molecule has 0 N–H and O–H groups in total. The molecule has 1 atom stereocenters. The Morgan fingerprint density at radius 1 is 1.55 bits per heavy atom. The molecule has 0 radical (unpaired) electrons. The maximum absolute atomic E-state index is 12.5. The van der Waals surface area contributed by atoms with Gasteiger partial charge < -0.3 is 0 Å². The molecule has 114 valence electrons. The first-order valence-electron chi connectivity index (χ1n) is 7.08. The molecule has 7 heteroatoms. The quantitative estimate of drug-likeness (QED) is 0.836. The molecule has 1 aromatic heterocycles. The smallest absolute Gasteiger partial charge is 0.249 e. The van der Waals surface area contributed by atoms with Gasteiger partial charge in [0.15, 0.2) is 0 Å². The van der Waals surface area contributed by atoms with Gasteiger partial charge in [-0.25, -0.2) is 4.98 Å². The maximum Gasteiger partial charge on any atom is 0.282 e. The fraction of sp³-hybridized carbons (Fsp3) is 0.769. The number of thiazole rings is 1. The van der Waals surface area contributed by atoms with Gasteiger partial charge in [0, 0.05) is 31.2 Å². The van der Waals surface area contributed by atoms with Crippen LogP contribution >= 0.6 is 11.3 Å². The zero-order valence-electron chi connectivity index (χ0n) is 12.4. The molecule has 2 rings (SSSR count). The topological polar surface area (TPSA) is 53.5 Å². The van der Waals surface area contributed by atoms with Crippen LogP contribution in [-0.2, 0) is 23.2 Å². The minimum absolute atomic E-state index is 0.408. The number of aromatic nitrogens is 1. The van der Waals surface area contributed by atoms with Crippen molar-refractivity contribution >= 4 is 21.5 Å². The highest BCUT2D eigenvalue weighted by Crippen LogP contribution is 2.22. The van der Waals surface area contributed by atoms with Crippen molar-refractivity contribution in [1.29, 1.82) is 0 Å². The predicted octanol–water partition coefficient (Wildman–Crippen LogP) is 2.11. The van der Waals surface area contributed by atoms with E-state index in [2.05, 4.69) is 18.8 Å². The minimum Gasteiger partial charge on any atom is -0.249 e. The summed E-state index contributed by atoms with van der Waals surface area (Å²) in [6, 6.07) is 0. The summed E-state index contributed by atoms with van der Waals surface area (Å²) in [6.45, 7) is 5.84. The average Bonchev–Trinajstić information content (AvgIpc) is 2.86. The minimum atomic E-state index is -3.35. The number of piperidine rings is 1. The summed E-state index contributed by atoms with van der Waals surface area (Å²) in [6.07, 6.45) is 4.75. The fourth-order valence-corrected chi connectivity index (χ4v) is 4.94. The van der Waals surface area contributed by atoms with E-state index in [-0.39, 0.29) is 0 Å². The maximum atomic E-state index is 12.5. The van der Waals surface area contributed by atoms with Gasteiger partial charge in [-0.1, -0.05) is 13.8 Å². The van der Waals surface area contributed by atoms with Gasteiger partial charge in [-0.05, 0) is 25.2 Å². The Bertz CT molecular complexity index is 542. The van der Waals surface area contributed by atoms with Crippen LogP contribution in [0.15, 0.2) is 6.20 Å². The highest BCUT2D eigenvalue weighted by molar-refractivity contribution is 7.86. The van der Waals surface area contributed by atoms with Crippen LogP contribution < -0.4 is 0 Å². The zero-order chi connectivity index (χ0) is 14.8. The second-order valence-corrected chi connectivity index (χ2v) is 8.68. The van der Waals surface area contributed by atoms with E-state index in [1.807, 2.05) is 0 Å². The Morgan fingerprint density at radius 2 is 2.30 bits per heavy atom. The lowest BCUT2D eigenvalue weighted by atomic mass is 10.0. The van der Waals surface area contributed by atoms with Gasteiger partial charge in [0.05, 0.1) is 11.6 Å². The third kappa shape index (κ3) is 3.58. The monoisotopic (exact) mass is 317 g/mol. The van der Waals surface area contributed by atoms with E-state index in [9.17, 15) is 8.42 Å². The normalized spacial score (nSPS) is 21.5. The highest BCUT2D eigenvalue weighted by Gasteiger charge is 2.30. The Hall–Kier alpha value is -0.500. The Morgan fingerprint density at radius 3 is 2.90 bits per heavy atom. The van der Waals surface area contributed by atoms with E-state index < -0.39 is 10.2 Å². The summed E-state index contributed by atoms with van der Waals surface area (Å²) in [5, 5.41) is 1.05. The SMILES string of the molecule is CCc1ncc(CN(C)S(=O)(=O)N2CCCC(C)C2)s1. The molecule has 5 nitrogen and oxygen atoms in total. The number of nitrogens with zero attached hydrogens (tertiary/aromatic N) is 3. The van der Waals surface area contributed by atoms with Gasteiger partial charge in [0.25, 0.3) is 10.2 Å². The largest absolute Gasteiger partial charge is 0.282 e. The Labute approximate surface area is 125 Å². The molecule has 1 aromatic rings. The number of hydrogen-bond acceptors (Lipinski definition) is 4. The first kappa shape index (κ1) is 15.9. The first-order valence-corrected chi connectivity index (χ1v) is 9.29. The van der Waals surface area contributed by atoms with Crippen LogP contribution in [0.3, 0.4) is 0 Å². The molecule has 1 unspecified atom stereocenters. The summed E-state index contributed by atoms with van der Waals surface area (Å²) < 4.78 is 28.2. The highest BCUT2D eigenvalue weighted by atomic mass is 32.2. The second-order valence-electron chi connectivity index (χ2n) is 5.44. The van der Waals surface area contributed by atoms with Crippen molar-refractivity contribution in [2.45, 2.75) is 39.7 Å². The van der Waals surface area contributed by atoms with Gasteiger partial charge >= 0.3 is 0 Å². The molecule has 1 aliphatic heterocycles. The van der Waals surface area contributed by atoms with Gasteiger partial charge in [-0.3, -0.25) is 0 Å². The average molecular weight is 317 g/mol. The number of hydrogen-bond donors (Lipinski definition) is 0. The first-order chi connectivity index (χ1) is 9.43. The van der Waals surface area contributed by atoms with Crippen LogP contribution in [0.5, 0.6) is 0 Å². The summed E-state index contributed by atoms with van der Waals surface area (Å²) in [7, 11) is -1.69. The van der Waals surface area contributed by atoms with Crippen molar-refractivity contribution in [2.75, 3.05) is 20.1 Å². The molecule has 0 amide bonds. The predicted molar refractivity (Wildman–Crippen MR) is 81.8 cm³/mol. The second kappa shape index (κ2) is 6.51. The van der Waals surface area contributed by atoms with E-state index in [1.54, 1.807) is 28.9 Å². The Kier molecular flexibility index (Phi) is 5.17. The van der Waals surface area contributed by atoms with Crippen molar-refractivity contribution < 1.29 is 8.42 Å². The molecule has 0 aromatic carbocycles. The third-order valence-corrected chi connectivity index (χ3v) is 6.65. The van der Waals surface area contributed by atoms with Crippen molar-refractivity contribution in [3.63, 3.8) is 0 Å². The molecule has 0 aliphatic carbocycles. The Balaban J connectivity index is 2.04. The molecule has 2 heterocycles. The van der Waals surface area contributed by atoms with Crippen LogP contribution in [-0.4, -0.2) is 42.1 Å². The molecule has 0 bridgehead atoms. The molecule has 0 spiro atoms. The number of rotatable bonds is 5. The van der Waals surface area contributed by atoms with E-state index >= 15 is 0 Å². The lowest BCUT2D eigenvalue weighted by molar-refractivity contribution is 0.263. The molecule has 20 heavy (non-hydrogen) atoms. The van der Waals surface area contributed by atoms with Crippen molar-refractivity contribution in [2.24, 2.45) is 5.92 Å². The summed E-state index contributed by atoms with van der Waals surface area (Å²) >= 11 is 1.59. The molecular weight excluding hydrogens is 294 g/mol. The van der Waals surface area contributed by atoms with Crippen LogP contribution in [0.1, 0.15) is 36.6 Å². The standard InChI is InChI=1S/C13H23N3O2S2/c1-4-13-14-8-12(19-13)10-15(3)20(17,18)16-7-5-6-11(2)9-16/h8,11H,4-7,9-10H2,1-3H3. The van der Waals surface area contributed by atoms with Gasteiger partial charge in [-0.15, -0.1) is 11.3 Å². The van der Waals surface area contributed by atoms with Crippen LogP contribution in [0.2, 0.25) is 0 Å². The van der Waals surface area contributed by atoms with E-state index in [0.717, 1.165) is 29.1 Å².